The highest BCUT2D eigenvalue weighted by Crippen LogP contribution is 2.30. The minimum atomic E-state index is -0.344. The molecule has 0 heterocycles. The number of methoxy groups -OCH3 is 1. The molecule has 2 nitrogen and oxygen atoms in total. The molecular weight excluding hydrogens is 207 g/mol. The number of benzene rings is 1. The molecule has 0 aliphatic heterocycles. The second-order valence-corrected chi connectivity index (χ2v) is 4.93. The van der Waals surface area contributed by atoms with E-state index in [1.807, 2.05) is 26.8 Å². The number of halogens is 1. The molecule has 0 aliphatic carbocycles. The molecule has 0 aliphatic rings. The Balaban J connectivity index is 3.12. The van der Waals surface area contributed by atoms with Crippen LogP contribution in [0.5, 0.6) is 5.75 Å². The SMILES string of the molecule is COc1cc(C)cc(F)c1CC(C)(C)CO. The van der Waals surface area contributed by atoms with Gasteiger partial charge in [0.1, 0.15) is 11.6 Å². The van der Waals surface area contributed by atoms with Gasteiger partial charge in [0, 0.05) is 12.2 Å². The van der Waals surface area contributed by atoms with Gasteiger partial charge in [0.25, 0.3) is 0 Å². The maximum atomic E-state index is 13.8. The summed E-state index contributed by atoms with van der Waals surface area (Å²) in [7, 11) is 1.53. The molecule has 0 spiro atoms. The first-order valence-corrected chi connectivity index (χ1v) is 5.33. The van der Waals surface area contributed by atoms with E-state index in [1.54, 1.807) is 0 Å². The van der Waals surface area contributed by atoms with E-state index in [1.165, 1.54) is 13.2 Å². The largest absolute Gasteiger partial charge is 0.496 e. The maximum Gasteiger partial charge on any atom is 0.130 e. The molecule has 0 amide bonds. The fourth-order valence-corrected chi connectivity index (χ4v) is 1.63. The summed E-state index contributed by atoms with van der Waals surface area (Å²) in [4.78, 5) is 0. The van der Waals surface area contributed by atoms with Crippen molar-refractivity contribution in [3.8, 4) is 5.75 Å². The third-order valence-electron chi connectivity index (χ3n) is 2.60. The van der Waals surface area contributed by atoms with Gasteiger partial charge in [0.05, 0.1) is 7.11 Å². The van der Waals surface area contributed by atoms with Crippen molar-refractivity contribution in [2.24, 2.45) is 5.41 Å². The molecule has 0 saturated carbocycles. The van der Waals surface area contributed by atoms with Crippen LogP contribution in [0, 0.1) is 18.2 Å². The summed E-state index contributed by atoms with van der Waals surface area (Å²) in [6.07, 6.45) is 0.457. The van der Waals surface area contributed by atoms with Crippen molar-refractivity contribution in [3.63, 3.8) is 0 Å². The standard InChI is InChI=1S/C13H19FO2/c1-9-5-11(14)10(12(6-9)16-4)7-13(2,3)8-15/h5-6,15H,7-8H2,1-4H3. The van der Waals surface area contributed by atoms with Crippen LogP contribution in [0.15, 0.2) is 12.1 Å². The zero-order valence-corrected chi connectivity index (χ0v) is 10.3. The van der Waals surface area contributed by atoms with Crippen LogP contribution in [0.25, 0.3) is 0 Å². The average molecular weight is 226 g/mol. The van der Waals surface area contributed by atoms with Crippen LogP contribution in [-0.2, 0) is 6.42 Å². The smallest absolute Gasteiger partial charge is 0.130 e. The molecule has 0 aromatic heterocycles. The second kappa shape index (κ2) is 4.83. The molecule has 0 radical (unpaired) electrons. The lowest BCUT2D eigenvalue weighted by Gasteiger charge is -2.23. The highest BCUT2D eigenvalue weighted by molar-refractivity contribution is 5.39. The van der Waals surface area contributed by atoms with E-state index in [4.69, 9.17) is 4.74 Å². The van der Waals surface area contributed by atoms with Gasteiger partial charge >= 0.3 is 0 Å². The lowest BCUT2D eigenvalue weighted by molar-refractivity contribution is 0.157. The third kappa shape index (κ3) is 2.95. The minimum Gasteiger partial charge on any atom is -0.496 e. The van der Waals surface area contributed by atoms with Gasteiger partial charge in [-0.05, 0) is 36.5 Å². The van der Waals surface area contributed by atoms with Crippen molar-refractivity contribution >= 4 is 0 Å². The average Bonchev–Trinajstić information content (AvgIpc) is 2.21. The van der Waals surface area contributed by atoms with Crippen molar-refractivity contribution in [1.29, 1.82) is 0 Å². The minimum absolute atomic E-state index is 0.0173. The predicted molar refractivity (Wildman–Crippen MR) is 62.3 cm³/mol. The number of hydrogen-bond donors (Lipinski definition) is 1. The van der Waals surface area contributed by atoms with Gasteiger partial charge in [-0.15, -0.1) is 0 Å². The van der Waals surface area contributed by atoms with Crippen LogP contribution in [0.4, 0.5) is 4.39 Å². The number of ether oxygens (including phenoxy) is 1. The molecule has 1 N–H and O–H groups in total. The zero-order chi connectivity index (χ0) is 12.3. The highest BCUT2D eigenvalue weighted by Gasteiger charge is 2.22. The summed E-state index contributed by atoms with van der Waals surface area (Å²) in [6, 6.07) is 3.30. The molecule has 0 unspecified atom stereocenters. The molecule has 0 fully saturated rings. The van der Waals surface area contributed by atoms with Gasteiger partial charge in [-0.25, -0.2) is 4.39 Å². The van der Waals surface area contributed by atoms with E-state index in [0.717, 1.165) is 5.56 Å². The quantitative estimate of drug-likeness (QED) is 0.855. The van der Waals surface area contributed by atoms with Crippen molar-refractivity contribution < 1.29 is 14.2 Å². The maximum absolute atomic E-state index is 13.8. The summed E-state index contributed by atoms with van der Waals surface area (Å²) in [5.74, 6) is 0.289. The Morgan fingerprint density at radius 3 is 2.50 bits per heavy atom. The van der Waals surface area contributed by atoms with Crippen LogP contribution in [0.1, 0.15) is 25.0 Å². The Hall–Kier alpha value is -1.09. The third-order valence-corrected chi connectivity index (χ3v) is 2.60. The van der Waals surface area contributed by atoms with E-state index in [0.29, 0.717) is 17.7 Å². The first-order chi connectivity index (χ1) is 7.39. The van der Waals surface area contributed by atoms with Crippen molar-refractivity contribution in [1.82, 2.24) is 0 Å². The van der Waals surface area contributed by atoms with Gasteiger partial charge in [-0.1, -0.05) is 13.8 Å². The van der Waals surface area contributed by atoms with Crippen LogP contribution in [-0.4, -0.2) is 18.8 Å². The van der Waals surface area contributed by atoms with Crippen LogP contribution in [0.2, 0.25) is 0 Å². The van der Waals surface area contributed by atoms with Crippen molar-refractivity contribution in [2.45, 2.75) is 27.2 Å². The molecule has 1 aromatic carbocycles. The van der Waals surface area contributed by atoms with Gasteiger partial charge in [-0.2, -0.15) is 0 Å². The normalized spacial score (nSPS) is 11.6. The first kappa shape index (κ1) is 13.0. The lowest BCUT2D eigenvalue weighted by atomic mass is 9.86. The molecule has 3 heteroatoms. The second-order valence-electron chi connectivity index (χ2n) is 4.93. The monoisotopic (exact) mass is 226 g/mol. The van der Waals surface area contributed by atoms with Gasteiger partial charge < -0.3 is 9.84 Å². The van der Waals surface area contributed by atoms with Gasteiger partial charge in [0.15, 0.2) is 0 Å². The lowest BCUT2D eigenvalue weighted by Crippen LogP contribution is -2.21. The predicted octanol–water partition coefficient (Wildman–Crippen LogP) is 2.70. The molecule has 0 saturated heterocycles. The number of hydrogen-bond acceptors (Lipinski definition) is 2. The molecule has 16 heavy (non-hydrogen) atoms. The number of aliphatic hydroxyl groups is 1. The van der Waals surface area contributed by atoms with E-state index in [-0.39, 0.29) is 17.8 Å². The Morgan fingerprint density at radius 2 is 2.00 bits per heavy atom. The summed E-state index contributed by atoms with van der Waals surface area (Å²) >= 11 is 0. The number of aliphatic hydroxyl groups excluding tert-OH is 1. The van der Waals surface area contributed by atoms with Gasteiger partial charge in [-0.3, -0.25) is 0 Å². The topological polar surface area (TPSA) is 29.5 Å². The Labute approximate surface area is 96.1 Å². The van der Waals surface area contributed by atoms with E-state index >= 15 is 0 Å². The Morgan fingerprint density at radius 1 is 1.38 bits per heavy atom. The van der Waals surface area contributed by atoms with Crippen LogP contribution >= 0.6 is 0 Å². The van der Waals surface area contributed by atoms with Crippen molar-refractivity contribution in [3.05, 3.63) is 29.1 Å². The summed E-state index contributed by atoms with van der Waals surface area (Å²) in [5.41, 5.74) is 1.02. The zero-order valence-electron chi connectivity index (χ0n) is 10.3. The number of rotatable bonds is 4. The Bertz CT molecular complexity index is 372. The van der Waals surface area contributed by atoms with E-state index in [2.05, 4.69) is 0 Å². The van der Waals surface area contributed by atoms with E-state index < -0.39 is 0 Å². The molecule has 1 aromatic rings. The summed E-state index contributed by atoms with van der Waals surface area (Å²) < 4.78 is 19.0. The van der Waals surface area contributed by atoms with E-state index in [9.17, 15) is 9.50 Å². The van der Waals surface area contributed by atoms with Crippen LogP contribution in [0.3, 0.4) is 0 Å². The Kier molecular flexibility index (Phi) is 3.92. The molecule has 1 rings (SSSR count). The number of aryl methyl sites for hydroxylation is 1. The fraction of sp³-hybridized carbons (Fsp3) is 0.538. The summed E-state index contributed by atoms with van der Waals surface area (Å²) in [5, 5.41) is 9.20. The molecule has 0 atom stereocenters. The fourth-order valence-electron chi connectivity index (χ4n) is 1.63. The molecule has 0 bridgehead atoms. The first-order valence-electron chi connectivity index (χ1n) is 5.33. The van der Waals surface area contributed by atoms with Crippen LogP contribution < -0.4 is 4.74 Å². The molecule has 90 valence electrons. The summed E-state index contributed by atoms with van der Waals surface area (Å²) in [6.45, 7) is 5.63. The molecular formula is C13H19FO2. The van der Waals surface area contributed by atoms with Gasteiger partial charge in [0.2, 0.25) is 0 Å². The van der Waals surface area contributed by atoms with Crippen molar-refractivity contribution in [2.75, 3.05) is 13.7 Å². The highest BCUT2D eigenvalue weighted by atomic mass is 19.1.